The molecule has 0 radical (unpaired) electrons. The molecule has 1 fully saturated rings. The molecule has 1 amide bonds. The minimum atomic E-state index is -0.235. The summed E-state index contributed by atoms with van der Waals surface area (Å²) in [5.74, 6) is 0.928. The molecular weight excluding hydrogens is 407 g/mol. The average Bonchev–Trinajstić information content (AvgIpc) is 2.77. The van der Waals surface area contributed by atoms with Crippen LogP contribution < -0.4 is 10.6 Å². The number of aliphatic hydroxyl groups is 1. The van der Waals surface area contributed by atoms with Crippen LogP contribution in [0.25, 0.3) is 0 Å². The summed E-state index contributed by atoms with van der Waals surface area (Å²) in [4.78, 5) is 18.4. The molecule has 23 heavy (non-hydrogen) atoms. The fraction of sp³-hybridized carbons (Fsp3) is 0.875. The van der Waals surface area contributed by atoms with Crippen LogP contribution in [-0.4, -0.2) is 60.2 Å². The van der Waals surface area contributed by atoms with E-state index in [0.717, 1.165) is 25.8 Å². The van der Waals surface area contributed by atoms with E-state index in [4.69, 9.17) is 0 Å². The number of nitrogens with one attached hydrogen (secondary N) is 2. The van der Waals surface area contributed by atoms with E-state index in [1.165, 1.54) is 0 Å². The number of guanidine groups is 1. The van der Waals surface area contributed by atoms with Gasteiger partial charge in [-0.15, -0.1) is 24.0 Å². The van der Waals surface area contributed by atoms with E-state index < -0.39 is 0 Å². The summed E-state index contributed by atoms with van der Waals surface area (Å²) < 4.78 is 0. The normalized spacial score (nSPS) is 21.6. The molecule has 0 aliphatic heterocycles. The maximum atomic E-state index is 12.0. The molecule has 7 heteroatoms. The van der Waals surface area contributed by atoms with Crippen molar-refractivity contribution in [3.8, 4) is 0 Å². The second-order valence-electron chi connectivity index (χ2n) is 7.11. The zero-order valence-electron chi connectivity index (χ0n) is 15.1. The summed E-state index contributed by atoms with van der Waals surface area (Å²) in [6.07, 6.45) is 2.74. The Hall–Kier alpha value is -0.570. The van der Waals surface area contributed by atoms with Crippen LogP contribution in [0, 0.1) is 5.92 Å². The number of halogens is 1. The SMILES string of the molecule is CCNC(=NCC1CCCC1O)N(C)CC(=O)NC(C)(C)C.I. The topological polar surface area (TPSA) is 77.0 Å². The van der Waals surface area contributed by atoms with Gasteiger partial charge < -0.3 is 20.6 Å². The molecule has 0 aromatic heterocycles. The van der Waals surface area contributed by atoms with E-state index in [1.54, 1.807) is 0 Å². The number of carbonyl (C=O) groups is 1. The monoisotopic (exact) mass is 440 g/mol. The minimum absolute atomic E-state index is 0. The molecule has 0 saturated heterocycles. The first-order valence-electron chi connectivity index (χ1n) is 8.21. The summed E-state index contributed by atoms with van der Waals surface area (Å²) in [7, 11) is 1.86. The van der Waals surface area contributed by atoms with Crippen LogP contribution in [0.15, 0.2) is 4.99 Å². The van der Waals surface area contributed by atoms with Gasteiger partial charge in [-0.1, -0.05) is 6.42 Å². The third kappa shape index (κ3) is 8.74. The summed E-state index contributed by atoms with van der Waals surface area (Å²) in [6.45, 7) is 9.51. The summed E-state index contributed by atoms with van der Waals surface area (Å²) in [5.41, 5.74) is -0.235. The molecule has 6 nitrogen and oxygen atoms in total. The highest BCUT2D eigenvalue weighted by Gasteiger charge is 2.25. The molecule has 3 N–H and O–H groups in total. The Bertz CT molecular complexity index is 396. The van der Waals surface area contributed by atoms with Crippen LogP contribution >= 0.6 is 24.0 Å². The van der Waals surface area contributed by atoms with Gasteiger partial charge in [0.15, 0.2) is 5.96 Å². The third-order valence-corrected chi connectivity index (χ3v) is 3.69. The van der Waals surface area contributed by atoms with Crippen LogP contribution in [0.5, 0.6) is 0 Å². The lowest BCUT2D eigenvalue weighted by Crippen LogP contribution is -2.48. The van der Waals surface area contributed by atoms with E-state index >= 15 is 0 Å². The molecule has 0 aromatic carbocycles. The van der Waals surface area contributed by atoms with Crippen molar-refractivity contribution in [2.75, 3.05) is 26.7 Å². The molecule has 1 aliphatic carbocycles. The summed E-state index contributed by atoms with van der Waals surface area (Å²) >= 11 is 0. The molecule has 1 aliphatic rings. The van der Waals surface area contributed by atoms with E-state index in [1.807, 2.05) is 39.6 Å². The van der Waals surface area contributed by atoms with Gasteiger partial charge >= 0.3 is 0 Å². The van der Waals surface area contributed by atoms with Gasteiger partial charge in [0.2, 0.25) is 5.91 Å². The molecule has 1 saturated carbocycles. The first-order valence-corrected chi connectivity index (χ1v) is 8.21. The molecule has 2 unspecified atom stereocenters. The first-order chi connectivity index (χ1) is 10.2. The van der Waals surface area contributed by atoms with Gasteiger partial charge in [-0.25, -0.2) is 0 Å². The van der Waals surface area contributed by atoms with Gasteiger partial charge in [0.25, 0.3) is 0 Å². The number of hydrogen-bond donors (Lipinski definition) is 3. The van der Waals surface area contributed by atoms with Crippen molar-refractivity contribution >= 4 is 35.8 Å². The van der Waals surface area contributed by atoms with Crippen LogP contribution in [0.2, 0.25) is 0 Å². The summed E-state index contributed by atoms with van der Waals surface area (Å²) in [6, 6.07) is 0. The van der Waals surface area contributed by atoms with Crippen molar-refractivity contribution in [1.82, 2.24) is 15.5 Å². The number of rotatable bonds is 5. The van der Waals surface area contributed by atoms with Crippen molar-refractivity contribution < 1.29 is 9.90 Å². The highest BCUT2D eigenvalue weighted by molar-refractivity contribution is 14.0. The molecule has 0 heterocycles. The molecule has 0 spiro atoms. The second kappa shape index (κ2) is 10.3. The van der Waals surface area contributed by atoms with Crippen molar-refractivity contribution in [3.63, 3.8) is 0 Å². The fourth-order valence-electron chi connectivity index (χ4n) is 2.65. The van der Waals surface area contributed by atoms with Crippen molar-refractivity contribution in [3.05, 3.63) is 0 Å². The average molecular weight is 440 g/mol. The molecule has 0 bridgehead atoms. The van der Waals surface area contributed by atoms with Gasteiger partial charge in [-0.3, -0.25) is 9.79 Å². The Kier molecular flexibility index (Phi) is 10.1. The van der Waals surface area contributed by atoms with E-state index in [2.05, 4.69) is 15.6 Å². The number of nitrogens with zero attached hydrogens (tertiary/aromatic N) is 2. The third-order valence-electron chi connectivity index (χ3n) is 3.69. The van der Waals surface area contributed by atoms with Crippen LogP contribution in [0.3, 0.4) is 0 Å². The standard InChI is InChI=1S/C16H32N4O2.HI/c1-6-17-15(18-10-12-8-7-9-13(12)21)20(5)11-14(22)19-16(2,3)4;/h12-13,21H,6-11H2,1-5H3,(H,17,18)(H,19,22);1H. The highest BCUT2D eigenvalue weighted by Crippen LogP contribution is 2.25. The zero-order chi connectivity index (χ0) is 16.8. The van der Waals surface area contributed by atoms with Gasteiger partial charge in [0.05, 0.1) is 12.6 Å². The van der Waals surface area contributed by atoms with E-state index in [-0.39, 0.29) is 54.0 Å². The maximum Gasteiger partial charge on any atom is 0.240 e. The van der Waals surface area contributed by atoms with E-state index in [9.17, 15) is 9.90 Å². The van der Waals surface area contributed by atoms with Crippen LogP contribution in [-0.2, 0) is 4.79 Å². The molecule has 0 aromatic rings. The number of hydrogen-bond acceptors (Lipinski definition) is 3. The number of likely N-dealkylation sites (N-methyl/N-ethyl adjacent to an activating group) is 1. The lowest BCUT2D eigenvalue weighted by atomic mass is 10.1. The summed E-state index contributed by atoms with van der Waals surface area (Å²) in [5, 5.41) is 16.0. The van der Waals surface area contributed by atoms with Gasteiger partial charge in [-0.2, -0.15) is 0 Å². The van der Waals surface area contributed by atoms with Crippen LogP contribution in [0.1, 0.15) is 47.0 Å². The Morgan fingerprint density at radius 2 is 2.00 bits per heavy atom. The molecule has 2 atom stereocenters. The molecular formula is C16H33IN4O2. The van der Waals surface area contributed by atoms with Crippen LogP contribution in [0.4, 0.5) is 0 Å². The minimum Gasteiger partial charge on any atom is -0.393 e. The first kappa shape index (κ1) is 22.4. The quantitative estimate of drug-likeness (QED) is 0.345. The van der Waals surface area contributed by atoms with Gasteiger partial charge in [0, 0.05) is 31.6 Å². The Labute approximate surface area is 157 Å². The predicted molar refractivity (Wildman–Crippen MR) is 105 cm³/mol. The largest absolute Gasteiger partial charge is 0.393 e. The predicted octanol–water partition coefficient (Wildman–Crippen LogP) is 1.58. The van der Waals surface area contributed by atoms with Gasteiger partial charge in [-0.05, 0) is 40.5 Å². The van der Waals surface area contributed by atoms with E-state index in [0.29, 0.717) is 12.5 Å². The Balaban J connectivity index is 0.00000484. The number of amides is 1. The second-order valence-corrected chi connectivity index (χ2v) is 7.11. The lowest BCUT2D eigenvalue weighted by molar-refractivity contribution is -0.122. The number of aliphatic hydroxyl groups excluding tert-OH is 1. The Morgan fingerprint density at radius 1 is 1.35 bits per heavy atom. The number of aliphatic imine (C=N–C) groups is 1. The maximum absolute atomic E-state index is 12.0. The molecule has 136 valence electrons. The van der Waals surface area contributed by atoms with Crippen molar-refractivity contribution in [2.24, 2.45) is 10.9 Å². The van der Waals surface area contributed by atoms with Crippen molar-refractivity contribution in [2.45, 2.75) is 58.6 Å². The smallest absolute Gasteiger partial charge is 0.240 e. The lowest BCUT2D eigenvalue weighted by Gasteiger charge is -2.25. The van der Waals surface area contributed by atoms with Crippen molar-refractivity contribution in [1.29, 1.82) is 0 Å². The fourth-order valence-corrected chi connectivity index (χ4v) is 2.65. The zero-order valence-corrected chi connectivity index (χ0v) is 17.4. The number of carbonyl (C=O) groups excluding carboxylic acids is 1. The highest BCUT2D eigenvalue weighted by atomic mass is 127. The molecule has 1 rings (SSSR count). The van der Waals surface area contributed by atoms with Gasteiger partial charge in [0.1, 0.15) is 0 Å². The Morgan fingerprint density at radius 3 is 2.48 bits per heavy atom.